The summed E-state index contributed by atoms with van der Waals surface area (Å²) in [5.41, 5.74) is 1.54. The molecule has 2 aromatic carbocycles. The third-order valence-corrected chi connectivity index (χ3v) is 3.49. The van der Waals surface area contributed by atoms with Crippen LogP contribution in [-0.4, -0.2) is 9.55 Å². The van der Waals surface area contributed by atoms with Crippen molar-refractivity contribution in [1.29, 1.82) is 0 Å². The zero-order valence-corrected chi connectivity index (χ0v) is 11.5. The van der Waals surface area contributed by atoms with Crippen molar-refractivity contribution in [2.45, 2.75) is 19.4 Å². The van der Waals surface area contributed by atoms with Gasteiger partial charge in [-0.3, -0.25) is 9.36 Å². The van der Waals surface area contributed by atoms with Crippen LogP contribution in [0, 0.1) is 5.82 Å². The quantitative estimate of drug-likeness (QED) is 0.736. The Kier molecular flexibility index (Phi) is 3.77. The van der Waals surface area contributed by atoms with Crippen LogP contribution >= 0.6 is 0 Å². The van der Waals surface area contributed by atoms with Crippen LogP contribution in [0.15, 0.2) is 59.7 Å². The maximum Gasteiger partial charge on any atom is 0.261 e. The number of nitrogens with zero attached hydrogens (tertiary/aromatic N) is 2. The predicted octanol–water partition coefficient (Wildman–Crippen LogP) is 3.17. The molecule has 0 spiro atoms. The van der Waals surface area contributed by atoms with Gasteiger partial charge in [0.15, 0.2) is 0 Å². The minimum atomic E-state index is -0.378. The molecule has 0 aliphatic heterocycles. The second-order valence-electron chi connectivity index (χ2n) is 4.99. The van der Waals surface area contributed by atoms with Crippen LogP contribution in [0.2, 0.25) is 0 Å². The monoisotopic (exact) mass is 282 g/mol. The molecule has 0 atom stereocenters. The third-order valence-electron chi connectivity index (χ3n) is 3.49. The first-order valence-corrected chi connectivity index (χ1v) is 6.93. The molecule has 0 aliphatic carbocycles. The van der Waals surface area contributed by atoms with E-state index in [1.807, 2.05) is 18.2 Å². The van der Waals surface area contributed by atoms with Gasteiger partial charge in [0.1, 0.15) is 5.82 Å². The van der Waals surface area contributed by atoms with Gasteiger partial charge < -0.3 is 0 Å². The van der Waals surface area contributed by atoms with Gasteiger partial charge in [0.05, 0.1) is 17.2 Å². The fourth-order valence-corrected chi connectivity index (χ4v) is 2.39. The van der Waals surface area contributed by atoms with Crippen LogP contribution in [0.4, 0.5) is 4.39 Å². The second-order valence-corrected chi connectivity index (χ2v) is 4.99. The van der Waals surface area contributed by atoms with Crippen molar-refractivity contribution in [3.63, 3.8) is 0 Å². The Morgan fingerprint density at radius 1 is 1.10 bits per heavy atom. The fourth-order valence-electron chi connectivity index (χ4n) is 2.39. The molecule has 0 unspecified atom stereocenters. The molecule has 0 radical (unpaired) electrons. The molecule has 1 heterocycles. The molecule has 0 aliphatic rings. The summed E-state index contributed by atoms with van der Waals surface area (Å²) in [6.07, 6.45) is 3.27. The van der Waals surface area contributed by atoms with Gasteiger partial charge >= 0.3 is 0 Å². The van der Waals surface area contributed by atoms with Gasteiger partial charge in [-0.05, 0) is 30.5 Å². The summed E-state index contributed by atoms with van der Waals surface area (Å²) >= 11 is 0. The molecule has 106 valence electrons. The molecule has 0 N–H and O–H groups in total. The first-order chi connectivity index (χ1) is 10.2. The van der Waals surface area contributed by atoms with Crippen LogP contribution in [-0.2, 0) is 13.0 Å². The first-order valence-electron chi connectivity index (χ1n) is 6.93. The molecule has 21 heavy (non-hydrogen) atoms. The van der Waals surface area contributed by atoms with Crippen LogP contribution in [0.3, 0.4) is 0 Å². The van der Waals surface area contributed by atoms with E-state index in [0.717, 1.165) is 12.8 Å². The van der Waals surface area contributed by atoms with E-state index in [1.165, 1.54) is 30.1 Å². The van der Waals surface area contributed by atoms with Gasteiger partial charge in [-0.15, -0.1) is 0 Å². The van der Waals surface area contributed by atoms with Gasteiger partial charge in [0.2, 0.25) is 0 Å². The Balaban J connectivity index is 1.77. The lowest BCUT2D eigenvalue weighted by molar-refractivity contribution is 0.614. The van der Waals surface area contributed by atoms with E-state index < -0.39 is 0 Å². The molecular formula is C17H15FN2O. The maximum atomic E-state index is 13.1. The molecule has 0 amide bonds. The van der Waals surface area contributed by atoms with E-state index >= 15 is 0 Å². The summed E-state index contributed by atoms with van der Waals surface area (Å²) < 4.78 is 14.7. The van der Waals surface area contributed by atoms with Gasteiger partial charge in [-0.1, -0.05) is 30.3 Å². The topological polar surface area (TPSA) is 34.9 Å². The zero-order chi connectivity index (χ0) is 14.7. The molecule has 3 nitrogen and oxygen atoms in total. The van der Waals surface area contributed by atoms with Crippen LogP contribution in [0.25, 0.3) is 10.9 Å². The summed E-state index contributed by atoms with van der Waals surface area (Å²) in [6, 6.07) is 14.2. The maximum absolute atomic E-state index is 13.1. The molecule has 3 aromatic rings. The number of aromatic nitrogens is 2. The highest BCUT2D eigenvalue weighted by molar-refractivity contribution is 5.77. The smallest absolute Gasteiger partial charge is 0.261 e. The lowest BCUT2D eigenvalue weighted by Crippen LogP contribution is -2.21. The average molecular weight is 282 g/mol. The van der Waals surface area contributed by atoms with Gasteiger partial charge in [0, 0.05) is 12.6 Å². The number of hydrogen-bond donors (Lipinski definition) is 0. The highest BCUT2D eigenvalue weighted by Gasteiger charge is 2.05. The Hall–Kier alpha value is -2.49. The van der Waals surface area contributed by atoms with Crippen LogP contribution < -0.4 is 5.56 Å². The first kappa shape index (κ1) is 13.5. The SMILES string of the molecule is O=c1c2ccc(F)cc2ncn1CCCc1ccccc1. The van der Waals surface area contributed by atoms with E-state index in [-0.39, 0.29) is 11.4 Å². The average Bonchev–Trinajstić information content (AvgIpc) is 2.50. The van der Waals surface area contributed by atoms with Crippen LogP contribution in [0.5, 0.6) is 0 Å². The largest absolute Gasteiger partial charge is 0.299 e. The molecule has 0 fully saturated rings. The van der Waals surface area contributed by atoms with E-state index in [9.17, 15) is 9.18 Å². The number of benzene rings is 2. The van der Waals surface area contributed by atoms with Gasteiger partial charge in [0.25, 0.3) is 5.56 Å². The van der Waals surface area contributed by atoms with E-state index in [1.54, 1.807) is 4.57 Å². The van der Waals surface area contributed by atoms with Crippen molar-refractivity contribution in [2.24, 2.45) is 0 Å². The predicted molar refractivity (Wildman–Crippen MR) is 80.7 cm³/mol. The lowest BCUT2D eigenvalue weighted by Gasteiger charge is -2.06. The second kappa shape index (κ2) is 5.87. The Morgan fingerprint density at radius 3 is 2.71 bits per heavy atom. The number of rotatable bonds is 4. The van der Waals surface area contributed by atoms with Crippen molar-refractivity contribution in [1.82, 2.24) is 9.55 Å². The van der Waals surface area contributed by atoms with E-state index in [4.69, 9.17) is 0 Å². The van der Waals surface area contributed by atoms with Gasteiger partial charge in [-0.25, -0.2) is 9.37 Å². The molecule has 1 aromatic heterocycles. The number of fused-ring (bicyclic) bond motifs is 1. The van der Waals surface area contributed by atoms with Gasteiger partial charge in [-0.2, -0.15) is 0 Å². The third kappa shape index (κ3) is 2.99. The Morgan fingerprint density at radius 2 is 1.90 bits per heavy atom. The zero-order valence-electron chi connectivity index (χ0n) is 11.5. The van der Waals surface area contributed by atoms with E-state index in [2.05, 4.69) is 17.1 Å². The normalized spacial score (nSPS) is 10.9. The lowest BCUT2D eigenvalue weighted by atomic mass is 10.1. The molecule has 0 bridgehead atoms. The standard InChI is InChI=1S/C17H15FN2O/c18-14-8-9-15-16(11-14)19-12-20(17(15)21)10-4-7-13-5-2-1-3-6-13/h1-3,5-6,8-9,11-12H,4,7,10H2. The molecule has 0 saturated heterocycles. The minimum Gasteiger partial charge on any atom is -0.299 e. The fraction of sp³-hybridized carbons (Fsp3) is 0.176. The Labute approximate surface area is 121 Å². The summed E-state index contributed by atoms with van der Waals surface area (Å²) in [6.45, 7) is 0.605. The molecule has 0 saturated carbocycles. The minimum absolute atomic E-state index is 0.118. The molecule has 3 rings (SSSR count). The number of halogens is 1. The van der Waals surface area contributed by atoms with Crippen molar-refractivity contribution >= 4 is 10.9 Å². The number of aryl methyl sites for hydroxylation is 2. The Bertz CT molecular complexity index is 812. The molecular weight excluding hydrogens is 267 g/mol. The van der Waals surface area contributed by atoms with E-state index in [0.29, 0.717) is 17.4 Å². The number of hydrogen-bond acceptors (Lipinski definition) is 2. The summed E-state index contributed by atoms with van der Waals surface area (Å²) in [5, 5.41) is 0.457. The summed E-state index contributed by atoms with van der Waals surface area (Å²) in [7, 11) is 0. The van der Waals surface area contributed by atoms with Crippen LogP contribution in [0.1, 0.15) is 12.0 Å². The highest BCUT2D eigenvalue weighted by atomic mass is 19.1. The van der Waals surface area contributed by atoms with Crippen molar-refractivity contribution in [3.05, 3.63) is 76.6 Å². The molecule has 4 heteroatoms. The van der Waals surface area contributed by atoms with Crippen molar-refractivity contribution < 1.29 is 4.39 Å². The summed E-state index contributed by atoms with van der Waals surface area (Å²) in [5.74, 6) is -0.378. The van der Waals surface area contributed by atoms with Crippen molar-refractivity contribution in [3.8, 4) is 0 Å². The van der Waals surface area contributed by atoms with Crippen molar-refractivity contribution in [2.75, 3.05) is 0 Å². The summed E-state index contributed by atoms with van der Waals surface area (Å²) in [4.78, 5) is 16.4. The highest BCUT2D eigenvalue weighted by Crippen LogP contribution is 2.09.